The molecular formula is C16H34N2O4S. The summed E-state index contributed by atoms with van der Waals surface area (Å²) in [7, 11) is 1.75. The molecule has 0 aliphatic carbocycles. The summed E-state index contributed by atoms with van der Waals surface area (Å²) in [5.74, 6) is 0.00582. The Kier molecular flexibility index (Phi) is 12.8. The number of rotatable bonds is 13. The van der Waals surface area contributed by atoms with Crippen LogP contribution in [-0.2, 0) is 19.0 Å². The van der Waals surface area contributed by atoms with Crippen molar-refractivity contribution in [1.82, 2.24) is 10.2 Å². The summed E-state index contributed by atoms with van der Waals surface area (Å²) in [5.41, 5.74) is 0.126. The first kappa shape index (κ1) is 22.7. The van der Waals surface area contributed by atoms with Gasteiger partial charge in [0.05, 0.1) is 44.9 Å². The van der Waals surface area contributed by atoms with Gasteiger partial charge in [-0.2, -0.15) is 12.6 Å². The zero-order chi connectivity index (χ0) is 17.7. The van der Waals surface area contributed by atoms with E-state index in [1.165, 1.54) is 0 Å². The van der Waals surface area contributed by atoms with Gasteiger partial charge in [-0.05, 0) is 27.7 Å². The molecule has 0 fully saturated rings. The van der Waals surface area contributed by atoms with Crippen molar-refractivity contribution >= 4 is 18.5 Å². The van der Waals surface area contributed by atoms with Gasteiger partial charge in [-0.1, -0.05) is 0 Å². The van der Waals surface area contributed by atoms with E-state index in [1.807, 2.05) is 0 Å². The lowest BCUT2D eigenvalue weighted by Gasteiger charge is -2.20. The molecule has 138 valence electrons. The minimum atomic E-state index is -0.276. The summed E-state index contributed by atoms with van der Waals surface area (Å²) in [5, 5.41) is 3.08. The Hall–Kier alpha value is -0.340. The molecule has 1 atom stereocenters. The predicted octanol–water partition coefficient (Wildman–Crippen LogP) is 1.20. The van der Waals surface area contributed by atoms with Crippen LogP contribution in [-0.4, -0.2) is 81.4 Å². The minimum absolute atomic E-state index is 0.00582. The van der Waals surface area contributed by atoms with E-state index in [4.69, 9.17) is 14.2 Å². The highest BCUT2D eigenvalue weighted by Crippen LogP contribution is 1.98. The first-order valence-corrected chi connectivity index (χ1v) is 8.67. The van der Waals surface area contributed by atoms with E-state index >= 15 is 0 Å². The summed E-state index contributed by atoms with van der Waals surface area (Å²) >= 11 is 4.11. The monoisotopic (exact) mass is 350 g/mol. The normalized spacial score (nSPS) is 13.1. The molecule has 0 aromatic carbocycles. The van der Waals surface area contributed by atoms with Crippen LogP contribution in [0, 0.1) is 0 Å². The number of ether oxygens (including phenoxy) is 3. The Balaban J connectivity index is 3.27. The summed E-state index contributed by atoms with van der Waals surface area (Å²) in [4.78, 5) is 13.2. The molecule has 7 heteroatoms. The third-order valence-corrected chi connectivity index (χ3v) is 3.17. The Morgan fingerprint density at radius 1 is 1.04 bits per heavy atom. The van der Waals surface area contributed by atoms with Gasteiger partial charge < -0.3 is 24.4 Å². The number of likely N-dealkylation sites (N-methyl/N-ethyl adjacent to an activating group) is 1. The van der Waals surface area contributed by atoms with Crippen molar-refractivity contribution in [3.05, 3.63) is 0 Å². The predicted molar refractivity (Wildman–Crippen MR) is 96.3 cm³/mol. The van der Waals surface area contributed by atoms with Crippen LogP contribution in [0.5, 0.6) is 0 Å². The van der Waals surface area contributed by atoms with Gasteiger partial charge >= 0.3 is 0 Å². The molecule has 0 aliphatic rings. The molecular weight excluding hydrogens is 316 g/mol. The van der Waals surface area contributed by atoms with Crippen LogP contribution < -0.4 is 5.32 Å². The zero-order valence-corrected chi connectivity index (χ0v) is 16.2. The SMILES string of the molecule is CC(S)C(=O)N(C)CCOCCOCCOCCNC(C)(C)C. The van der Waals surface area contributed by atoms with Crippen LogP contribution in [0.25, 0.3) is 0 Å². The molecule has 0 rings (SSSR count). The third kappa shape index (κ3) is 15.0. The molecule has 1 amide bonds. The van der Waals surface area contributed by atoms with E-state index in [2.05, 4.69) is 38.7 Å². The van der Waals surface area contributed by atoms with Gasteiger partial charge in [-0.3, -0.25) is 4.79 Å². The molecule has 6 nitrogen and oxygen atoms in total. The smallest absolute Gasteiger partial charge is 0.234 e. The van der Waals surface area contributed by atoms with Gasteiger partial charge in [0, 0.05) is 25.7 Å². The average Bonchev–Trinajstić information content (AvgIpc) is 2.46. The minimum Gasteiger partial charge on any atom is -0.378 e. The Morgan fingerprint density at radius 3 is 2.00 bits per heavy atom. The van der Waals surface area contributed by atoms with Crippen LogP contribution in [0.4, 0.5) is 0 Å². The molecule has 1 N–H and O–H groups in total. The lowest BCUT2D eigenvalue weighted by Crippen LogP contribution is -2.38. The van der Waals surface area contributed by atoms with E-state index in [1.54, 1.807) is 18.9 Å². The fourth-order valence-corrected chi connectivity index (χ4v) is 1.87. The van der Waals surface area contributed by atoms with Crippen molar-refractivity contribution in [3.8, 4) is 0 Å². The molecule has 23 heavy (non-hydrogen) atoms. The average molecular weight is 351 g/mol. The molecule has 0 aromatic heterocycles. The second kappa shape index (κ2) is 13.0. The van der Waals surface area contributed by atoms with Crippen LogP contribution in [0.2, 0.25) is 0 Å². The maximum Gasteiger partial charge on any atom is 0.234 e. The van der Waals surface area contributed by atoms with E-state index in [0.717, 1.165) is 6.54 Å². The van der Waals surface area contributed by atoms with Crippen molar-refractivity contribution in [3.63, 3.8) is 0 Å². The van der Waals surface area contributed by atoms with Gasteiger partial charge in [-0.15, -0.1) is 0 Å². The fraction of sp³-hybridized carbons (Fsp3) is 0.938. The Labute approximate surface area is 146 Å². The summed E-state index contributed by atoms with van der Waals surface area (Å²) in [6.45, 7) is 12.9. The lowest BCUT2D eigenvalue weighted by molar-refractivity contribution is -0.129. The molecule has 0 saturated heterocycles. The number of nitrogens with one attached hydrogen (secondary N) is 1. The van der Waals surface area contributed by atoms with Gasteiger partial charge in [0.2, 0.25) is 5.91 Å². The van der Waals surface area contributed by atoms with E-state index in [0.29, 0.717) is 46.2 Å². The van der Waals surface area contributed by atoms with Crippen LogP contribution in [0.3, 0.4) is 0 Å². The number of hydrogen-bond donors (Lipinski definition) is 2. The number of hydrogen-bond acceptors (Lipinski definition) is 6. The Morgan fingerprint density at radius 2 is 1.52 bits per heavy atom. The number of nitrogens with zero attached hydrogens (tertiary/aromatic N) is 1. The highest BCUT2D eigenvalue weighted by molar-refractivity contribution is 7.81. The fourth-order valence-electron chi connectivity index (χ4n) is 1.67. The second-order valence-electron chi connectivity index (χ2n) is 6.45. The Bertz CT molecular complexity index is 309. The van der Waals surface area contributed by atoms with Crippen molar-refractivity contribution in [2.75, 3.05) is 59.8 Å². The number of carbonyl (C=O) groups excluding carboxylic acids is 1. The molecule has 0 aromatic rings. The first-order chi connectivity index (χ1) is 10.7. The zero-order valence-electron chi connectivity index (χ0n) is 15.3. The van der Waals surface area contributed by atoms with Crippen molar-refractivity contribution < 1.29 is 19.0 Å². The van der Waals surface area contributed by atoms with E-state index in [9.17, 15) is 4.79 Å². The molecule has 0 saturated carbocycles. The van der Waals surface area contributed by atoms with Crippen molar-refractivity contribution in [2.24, 2.45) is 0 Å². The summed E-state index contributed by atoms with van der Waals surface area (Å²) in [6.07, 6.45) is 0. The van der Waals surface area contributed by atoms with Crippen LogP contribution >= 0.6 is 12.6 Å². The number of amides is 1. The number of carbonyl (C=O) groups is 1. The van der Waals surface area contributed by atoms with Crippen molar-refractivity contribution in [1.29, 1.82) is 0 Å². The molecule has 1 unspecified atom stereocenters. The maximum atomic E-state index is 11.6. The molecule has 0 bridgehead atoms. The highest BCUT2D eigenvalue weighted by Gasteiger charge is 2.12. The summed E-state index contributed by atoms with van der Waals surface area (Å²) in [6, 6.07) is 0. The molecule has 0 spiro atoms. The summed E-state index contributed by atoms with van der Waals surface area (Å²) < 4.78 is 16.3. The van der Waals surface area contributed by atoms with Crippen molar-refractivity contribution in [2.45, 2.75) is 38.5 Å². The number of thiol groups is 1. The largest absolute Gasteiger partial charge is 0.378 e. The van der Waals surface area contributed by atoms with Gasteiger partial charge in [0.25, 0.3) is 0 Å². The highest BCUT2D eigenvalue weighted by atomic mass is 32.1. The lowest BCUT2D eigenvalue weighted by atomic mass is 10.1. The topological polar surface area (TPSA) is 60.0 Å². The third-order valence-electron chi connectivity index (χ3n) is 2.95. The van der Waals surface area contributed by atoms with E-state index in [-0.39, 0.29) is 16.7 Å². The van der Waals surface area contributed by atoms with Gasteiger partial charge in [0.1, 0.15) is 0 Å². The first-order valence-electron chi connectivity index (χ1n) is 8.15. The van der Waals surface area contributed by atoms with E-state index < -0.39 is 0 Å². The van der Waals surface area contributed by atoms with Gasteiger partial charge in [0.15, 0.2) is 0 Å². The molecule has 0 radical (unpaired) electrons. The molecule has 0 aliphatic heterocycles. The van der Waals surface area contributed by atoms with Crippen LogP contribution in [0.1, 0.15) is 27.7 Å². The second-order valence-corrected chi connectivity index (χ2v) is 7.22. The van der Waals surface area contributed by atoms with Crippen LogP contribution in [0.15, 0.2) is 0 Å². The van der Waals surface area contributed by atoms with Gasteiger partial charge in [-0.25, -0.2) is 0 Å². The standard InChI is InChI=1S/C16H34N2O4S/c1-14(23)15(19)18(5)7-9-21-11-13-22-12-10-20-8-6-17-16(2,3)4/h14,17,23H,6-13H2,1-5H3. The maximum absolute atomic E-state index is 11.6. The molecule has 0 heterocycles. The quantitative estimate of drug-likeness (QED) is 0.386.